The van der Waals surface area contributed by atoms with Crippen molar-refractivity contribution < 1.29 is 203 Å². The number of ether oxygens (including phenoxy) is 14. The van der Waals surface area contributed by atoms with Gasteiger partial charge in [-0.2, -0.15) is 0 Å². The number of carbonyl (C=O) groups excluding carboxylic acids is 16. The molecule has 0 saturated heterocycles. The molecule has 2 aromatic rings. The molecule has 0 bridgehead atoms. The number of carbonyl (C=O) groups is 16. The van der Waals surface area contributed by atoms with Crippen LogP contribution in [0, 0.1) is 11.6 Å². The third-order valence-corrected chi connectivity index (χ3v) is 21.4. The second kappa shape index (κ2) is 67.9. The van der Waals surface area contributed by atoms with Gasteiger partial charge < -0.3 is 180 Å². The summed E-state index contributed by atoms with van der Waals surface area (Å²) in [6.07, 6.45) is -17.2. The third kappa shape index (κ3) is 47.4. The number of aliphatic hydroxyl groups is 10. The van der Waals surface area contributed by atoms with Crippen molar-refractivity contribution in [3.8, 4) is 23.0 Å². The monoisotopic (exact) mass is 2090 g/mol. The second-order valence-corrected chi connectivity index (χ2v) is 34.1. The Morgan fingerprint density at radius 1 is 0.397 bits per heavy atom. The molecule has 20 N–H and O–H groups in total. The van der Waals surface area contributed by atoms with E-state index in [0.717, 1.165) is 12.2 Å². The van der Waals surface area contributed by atoms with Crippen molar-refractivity contribution in [1.82, 2.24) is 67.9 Å². The van der Waals surface area contributed by atoms with Crippen LogP contribution in [0.2, 0.25) is 0 Å². The van der Waals surface area contributed by atoms with Crippen LogP contribution in [0.15, 0.2) is 24.3 Å². The standard InChI is InChI=1S/C91H139F2N13O40/c1-54(145-79(125)16-14-75(121)104-47-55-38-65(133-5)87(81(92)57(55)49-104)143-20-7-21-144-88-66(134-6)39-56-48-105(50-58(56)82(88)93)76(122)15-17-80(126)146-91(2,3)4)40-95-67(113)10-9-60(103-74(120)51-106-77(123)12-13-78(106)124)90(132)101-46-73(119)99-45-72(118)98-44-71(117)97-43-70(116)94-19-23-136-25-27-138-29-31-140-33-35-142-37-36-141-34-32-139-30-28-137-26-24-135-22-18-69(115)102-59(89(131)100-42-62(110)84(128)86(130)64(112)53-108)8-11-68(114)96-41-61(109)83(127)85(129)63(111)52-107/h12-13,38-39,54,59-64,83-86,107-112,127-130H,7-11,14-37,40-53H2,1-6H3,(H,94,116)(H,95,113)(H,96,114)(H,97,117)(H,98,118)(H,99,119)(H,100,131)(H,101,132)(H,102,115)(H,103,120)/t54-,59-,60-,61-,62-,63+,64+,83+,84+,85+,86+/m0/s1. The average Bonchev–Trinajstić information content (AvgIpc) is 1.62. The van der Waals surface area contributed by atoms with Gasteiger partial charge in [0.1, 0.15) is 67.0 Å². The van der Waals surface area contributed by atoms with Crippen molar-refractivity contribution in [3.63, 3.8) is 0 Å². The van der Waals surface area contributed by atoms with E-state index in [0.29, 0.717) is 42.5 Å². The van der Waals surface area contributed by atoms with E-state index in [9.17, 15) is 118 Å². The number of amides is 14. The molecule has 11 atom stereocenters. The molecule has 822 valence electrons. The molecule has 53 nitrogen and oxygen atoms in total. The van der Waals surface area contributed by atoms with Gasteiger partial charge in [-0.1, -0.05) is 0 Å². The molecule has 3 aliphatic rings. The van der Waals surface area contributed by atoms with Crippen LogP contribution in [-0.2, 0) is 150 Å². The van der Waals surface area contributed by atoms with E-state index < -0.39 is 258 Å². The van der Waals surface area contributed by atoms with Crippen LogP contribution in [0.3, 0.4) is 0 Å². The maximum Gasteiger partial charge on any atom is 0.306 e. The molecule has 0 saturated carbocycles. The first-order valence-corrected chi connectivity index (χ1v) is 47.1. The number of imide groups is 1. The molecule has 0 fully saturated rings. The first-order valence-electron chi connectivity index (χ1n) is 47.1. The number of nitrogens with zero attached hydrogens (tertiary/aromatic N) is 3. The zero-order valence-corrected chi connectivity index (χ0v) is 82.4. The molecule has 0 aliphatic carbocycles. The van der Waals surface area contributed by atoms with Gasteiger partial charge in [0.2, 0.25) is 70.9 Å². The lowest BCUT2D eigenvalue weighted by Crippen LogP contribution is -2.53. The van der Waals surface area contributed by atoms with Crippen LogP contribution in [0.5, 0.6) is 23.0 Å². The van der Waals surface area contributed by atoms with Crippen molar-refractivity contribution >= 4 is 94.6 Å². The number of rotatable bonds is 76. The third-order valence-electron chi connectivity index (χ3n) is 21.4. The predicted octanol–water partition coefficient (Wildman–Crippen LogP) is -8.87. The topological polar surface area (TPSA) is 735 Å². The van der Waals surface area contributed by atoms with Crippen LogP contribution < -0.4 is 72.1 Å². The summed E-state index contributed by atoms with van der Waals surface area (Å²) >= 11 is 0. The fourth-order valence-electron chi connectivity index (χ4n) is 13.5. The lowest BCUT2D eigenvalue weighted by Gasteiger charge is -2.26. The van der Waals surface area contributed by atoms with Crippen LogP contribution in [0.25, 0.3) is 0 Å². The second-order valence-electron chi connectivity index (χ2n) is 34.1. The van der Waals surface area contributed by atoms with Crippen molar-refractivity contribution in [2.24, 2.45) is 0 Å². The van der Waals surface area contributed by atoms with Gasteiger partial charge in [-0.15, -0.1) is 0 Å². The van der Waals surface area contributed by atoms with Crippen LogP contribution in [-0.4, -0.2) is 438 Å². The highest BCUT2D eigenvalue weighted by atomic mass is 19.1. The average molecular weight is 2090 g/mol. The number of hydrogen-bond acceptors (Lipinski definition) is 40. The van der Waals surface area contributed by atoms with E-state index in [1.54, 1.807) is 26.8 Å². The Morgan fingerprint density at radius 3 is 1.17 bits per heavy atom. The number of halogens is 2. The summed E-state index contributed by atoms with van der Waals surface area (Å²) in [5, 5.41) is 121. The van der Waals surface area contributed by atoms with Gasteiger partial charge in [0.15, 0.2) is 34.6 Å². The number of fused-ring (bicyclic) bond motifs is 2. The Labute approximate surface area is 839 Å². The largest absolute Gasteiger partial charge is 0.493 e. The smallest absolute Gasteiger partial charge is 0.306 e. The molecule has 55 heteroatoms. The van der Waals surface area contributed by atoms with Gasteiger partial charge in [0.05, 0.1) is 204 Å². The van der Waals surface area contributed by atoms with Crippen LogP contribution in [0.4, 0.5) is 8.78 Å². The first kappa shape index (κ1) is 125. The number of aliphatic hydroxyl groups excluding tert-OH is 10. The maximum atomic E-state index is 16.2. The van der Waals surface area contributed by atoms with Gasteiger partial charge in [-0.05, 0) is 63.8 Å². The van der Waals surface area contributed by atoms with Crippen LogP contribution in [0.1, 0.15) is 114 Å². The molecule has 3 heterocycles. The van der Waals surface area contributed by atoms with Crippen molar-refractivity contribution in [2.45, 2.75) is 191 Å². The zero-order chi connectivity index (χ0) is 108. The molecule has 0 unspecified atom stereocenters. The van der Waals surface area contributed by atoms with Gasteiger partial charge in [-0.3, -0.25) is 81.6 Å². The summed E-state index contributed by atoms with van der Waals surface area (Å²) in [4.78, 5) is 207. The Balaban J connectivity index is 0.844. The van der Waals surface area contributed by atoms with E-state index in [4.69, 9.17) is 76.5 Å². The summed E-state index contributed by atoms with van der Waals surface area (Å²) in [6.45, 7) is 2.76. The summed E-state index contributed by atoms with van der Waals surface area (Å²) in [5.74, 6) is -14.0. The highest BCUT2D eigenvalue weighted by Crippen LogP contribution is 2.41. The molecule has 5 rings (SSSR count). The van der Waals surface area contributed by atoms with E-state index in [-0.39, 0.29) is 210 Å². The fraction of sp³-hybridized carbons (Fsp3) is 0.670. The molecule has 146 heavy (non-hydrogen) atoms. The maximum absolute atomic E-state index is 16.2. The molecule has 3 aliphatic heterocycles. The van der Waals surface area contributed by atoms with E-state index in [1.807, 2.05) is 0 Å². The minimum absolute atomic E-state index is 0.0279. The number of benzene rings is 2. The van der Waals surface area contributed by atoms with E-state index >= 15 is 8.78 Å². The highest BCUT2D eigenvalue weighted by Gasteiger charge is 2.38. The quantitative estimate of drug-likeness (QED) is 0.0166. The Kier molecular flexibility index (Phi) is 58.0. The van der Waals surface area contributed by atoms with Gasteiger partial charge in [0, 0.05) is 108 Å². The molecule has 0 spiro atoms. The summed E-state index contributed by atoms with van der Waals surface area (Å²) in [6, 6.07) is 0.105. The predicted molar refractivity (Wildman–Crippen MR) is 496 cm³/mol. The van der Waals surface area contributed by atoms with Crippen LogP contribution >= 0.6 is 0 Å². The number of nitrogens with one attached hydrogen (secondary N) is 10. The minimum atomic E-state index is -2.02. The Bertz CT molecular complexity index is 4560. The molecular weight excluding hydrogens is 1950 g/mol. The molecule has 0 radical (unpaired) electrons. The summed E-state index contributed by atoms with van der Waals surface area (Å²) in [5.41, 5.74) is 0.576. The van der Waals surface area contributed by atoms with E-state index in [1.165, 1.54) is 37.0 Å². The number of methoxy groups -OCH3 is 2. The Hall–Kier alpha value is -11.8. The van der Waals surface area contributed by atoms with Crippen molar-refractivity contribution in [2.75, 3.05) is 205 Å². The lowest BCUT2D eigenvalue weighted by atomic mass is 10.0. The number of hydrogen-bond donors (Lipinski definition) is 20. The normalized spacial score (nSPS) is 14.9. The van der Waals surface area contributed by atoms with E-state index in [2.05, 4.69) is 53.2 Å². The summed E-state index contributed by atoms with van der Waals surface area (Å²) in [7, 11) is 2.63. The number of esters is 2. The fourth-order valence-corrected chi connectivity index (χ4v) is 13.5. The van der Waals surface area contributed by atoms with Crippen molar-refractivity contribution in [1.29, 1.82) is 0 Å². The first-order chi connectivity index (χ1) is 69.6. The molecule has 0 aromatic heterocycles. The van der Waals surface area contributed by atoms with Gasteiger partial charge >= 0.3 is 11.9 Å². The van der Waals surface area contributed by atoms with Crippen molar-refractivity contribution in [3.05, 3.63) is 58.2 Å². The molecular formula is C91H139F2N13O40. The Morgan fingerprint density at radius 2 is 0.760 bits per heavy atom. The highest BCUT2D eigenvalue weighted by molar-refractivity contribution is 6.14. The zero-order valence-electron chi connectivity index (χ0n) is 82.4. The molecule has 2 aromatic carbocycles. The molecule has 14 amide bonds. The lowest BCUT2D eigenvalue weighted by molar-refractivity contribution is -0.156. The van der Waals surface area contributed by atoms with Gasteiger partial charge in [-0.25, -0.2) is 8.78 Å². The minimum Gasteiger partial charge on any atom is -0.493 e. The SMILES string of the molecule is COc1cc2c(c(F)c1OCCCOc1c(OC)cc3c(c1F)CN(C(=O)CCC(=O)OC(C)(C)C)C3)CN(C(=O)CCC(=O)O[C@@H](C)CNC(=O)CC[C@H](NC(=O)CN1C(=O)C=CC1=O)C(=O)NCC(=O)NCC(=O)NCC(=O)NCC(=O)NCCOCCOCCOCCOCCOCCOCCOCCOCCC(=O)N[C@@H](CCC(=O)NC[C@H](O)[C@@H](O)[C@H](O)[C@H](O)CO)C(=O)NC[C@H](O)[C@@H](O)[C@H](O)[C@H](O)CO)C2. The summed E-state index contributed by atoms with van der Waals surface area (Å²) < 4.78 is 109. The van der Waals surface area contributed by atoms with Gasteiger partial charge in [0.25, 0.3) is 11.8 Å².